The molecule has 0 unspecified atom stereocenters. The highest BCUT2D eigenvalue weighted by Gasteiger charge is 2.49. The Morgan fingerprint density at radius 3 is 2.60 bits per heavy atom. The van der Waals surface area contributed by atoms with Gasteiger partial charge in [-0.2, -0.15) is 0 Å². The predicted octanol–water partition coefficient (Wildman–Crippen LogP) is 4.16. The van der Waals surface area contributed by atoms with Gasteiger partial charge >= 0.3 is 5.97 Å². The molecule has 0 atom stereocenters. The average Bonchev–Trinajstić information content (AvgIpc) is 3.17. The number of carbonyl (C=O) groups excluding carboxylic acids is 2. The van der Waals surface area contributed by atoms with Crippen molar-refractivity contribution in [3.63, 3.8) is 0 Å². The first-order valence-electron chi connectivity index (χ1n) is 12.9. The molecule has 5 rings (SSSR count). The van der Waals surface area contributed by atoms with Crippen molar-refractivity contribution in [2.45, 2.75) is 57.2 Å². The van der Waals surface area contributed by atoms with Gasteiger partial charge < -0.3 is 19.3 Å². The Bertz CT molecular complexity index is 1040. The summed E-state index contributed by atoms with van der Waals surface area (Å²) in [6, 6.07) is 13.6. The van der Waals surface area contributed by atoms with Crippen molar-refractivity contribution in [3.05, 3.63) is 59.3 Å². The first-order valence-corrected chi connectivity index (χ1v) is 12.9. The number of carbonyl (C=O) groups is 2. The third-order valence-electron chi connectivity index (χ3n) is 7.79. The van der Waals surface area contributed by atoms with Gasteiger partial charge in [0.25, 0.3) is 0 Å². The van der Waals surface area contributed by atoms with Gasteiger partial charge in [-0.05, 0) is 63.2 Å². The number of fused-ring (bicyclic) bond motifs is 2. The number of likely N-dealkylation sites (tertiary alicyclic amines) is 1. The largest absolute Gasteiger partial charge is 0.473 e. The molecule has 1 aliphatic carbocycles. The molecule has 0 N–H and O–H groups in total. The van der Waals surface area contributed by atoms with E-state index in [-0.39, 0.29) is 11.8 Å². The zero-order valence-electron chi connectivity index (χ0n) is 20.6. The maximum atomic E-state index is 13.1. The second-order valence-electron chi connectivity index (χ2n) is 10.1. The van der Waals surface area contributed by atoms with E-state index in [0.29, 0.717) is 43.9 Å². The first-order chi connectivity index (χ1) is 17.0. The Morgan fingerprint density at radius 1 is 1.11 bits per heavy atom. The summed E-state index contributed by atoms with van der Waals surface area (Å²) in [5.74, 6) is 0.217. The van der Waals surface area contributed by atoms with Crippen molar-refractivity contribution in [2.24, 2.45) is 5.92 Å². The number of rotatable bonds is 7. The van der Waals surface area contributed by atoms with E-state index in [4.69, 9.17) is 9.47 Å². The fourth-order valence-corrected chi connectivity index (χ4v) is 5.66. The van der Waals surface area contributed by atoms with Crippen LogP contribution in [0, 0.1) is 5.92 Å². The van der Waals surface area contributed by atoms with Crippen LogP contribution in [0.1, 0.15) is 66.6 Å². The molecule has 3 aliphatic rings. The molecule has 1 saturated carbocycles. The van der Waals surface area contributed by atoms with Crippen molar-refractivity contribution in [1.82, 2.24) is 14.8 Å². The molecule has 35 heavy (non-hydrogen) atoms. The van der Waals surface area contributed by atoms with Crippen LogP contribution in [0.3, 0.4) is 0 Å². The van der Waals surface area contributed by atoms with Crippen LogP contribution in [0.25, 0.3) is 0 Å². The number of hydrogen-bond acceptors (Lipinski definition) is 6. The quantitative estimate of drug-likeness (QED) is 0.558. The second kappa shape index (κ2) is 10.4. The van der Waals surface area contributed by atoms with E-state index in [1.807, 2.05) is 54.4 Å². The van der Waals surface area contributed by atoms with Crippen LogP contribution in [0.2, 0.25) is 0 Å². The lowest BCUT2D eigenvalue weighted by Crippen LogP contribution is -2.43. The molecule has 186 valence electrons. The summed E-state index contributed by atoms with van der Waals surface area (Å²) in [6.07, 6.45) is 6.57. The molecule has 1 amide bonds. The Balaban J connectivity index is 1.17. The number of benzene rings is 1. The van der Waals surface area contributed by atoms with Gasteiger partial charge in [0.05, 0.1) is 0 Å². The van der Waals surface area contributed by atoms with Gasteiger partial charge in [-0.25, -0.2) is 9.78 Å². The molecule has 1 aromatic heterocycles. The van der Waals surface area contributed by atoms with Crippen LogP contribution in [-0.4, -0.2) is 59.9 Å². The minimum Gasteiger partial charge on any atom is -0.473 e. The van der Waals surface area contributed by atoms with E-state index in [0.717, 1.165) is 37.3 Å². The number of nitrogens with zero attached hydrogens (tertiary/aromatic N) is 3. The van der Waals surface area contributed by atoms with Gasteiger partial charge in [0.1, 0.15) is 12.2 Å². The Kier molecular flexibility index (Phi) is 7.04. The smallest absolute Gasteiger partial charge is 0.358 e. The number of hydrogen-bond donors (Lipinski definition) is 0. The molecule has 2 aromatic rings. The Hall–Kier alpha value is -2.93. The van der Waals surface area contributed by atoms with Gasteiger partial charge in [0, 0.05) is 37.7 Å². The van der Waals surface area contributed by atoms with E-state index in [2.05, 4.69) is 9.88 Å². The van der Waals surface area contributed by atoms with E-state index in [1.54, 1.807) is 0 Å². The molecule has 1 aromatic carbocycles. The summed E-state index contributed by atoms with van der Waals surface area (Å²) in [7, 11) is 1.92. The zero-order valence-corrected chi connectivity index (χ0v) is 20.6. The van der Waals surface area contributed by atoms with Gasteiger partial charge in [0.15, 0.2) is 5.69 Å². The van der Waals surface area contributed by atoms with Gasteiger partial charge in [-0.15, -0.1) is 0 Å². The highest BCUT2D eigenvalue weighted by molar-refractivity contribution is 5.93. The van der Waals surface area contributed by atoms with Crippen LogP contribution in [-0.2, 0) is 21.7 Å². The molecular formula is C28H35N3O4. The lowest BCUT2D eigenvalue weighted by atomic mass is 9.75. The summed E-state index contributed by atoms with van der Waals surface area (Å²) in [6.45, 7) is 4.40. The monoisotopic (exact) mass is 477 g/mol. The minimum absolute atomic E-state index is 0.0174. The number of likely N-dealkylation sites (N-methyl/N-ethyl adjacent to an activating group) is 1. The van der Waals surface area contributed by atoms with Crippen molar-refractivity contribution in [3.8, 4) is 5.88 Å². The second-order valence-corrected chi connectivity index (χ2v) is 10.1. The van der Waals surface area contributed by atoms with E-state index in [1.165, 1.54) is 19.3 Å². The van der Waals surface area contributed by atoms with Crippen molar-refractivity contribution >= 4 is 11.9 Å². The maximum Gasteiger partial charge on any atom is 0.358 e. The average molecular weight is 478 g/mol. The standard InChI is InChI=1S/C28H35N3O4/c1-30(18-19-31-16-6-3-7-17-31)26(32)22-12-14-28(15-13-22)23-10-11-24(29-25(23)27(33)35-28)34-20-21-8-4-2-5-9-21/h2,4-5,8-11,22H,3,6-7,12-20H2,1H3. The molecule has 2 fully saturated rings. The van der Waals surface area contributed by atoms with Crippen molar-refractivity contribution in [1.29, 1.82) is 0 Å². The molecule has 1 saturated heterocycles. The van der Waals surface area contributed by atoms with Gasteiger partial charge in [0.2, 0.25) is 11.8 Å². The summed E-state index contributed by atoms with van der Waals surface area (Å²) in [4.78, 5) is 34.6. The lowest BCUT2D eigenvalue weighted by molar-refractivity contribution is -0.137. The number of ether oxygens (including phenoxy) is 2. The van der Waals surface area contributed by atoms with Gasteiger partial charge in [-0.1, -0.05) is 36.8 Å². The van der Waals surface area contributed by atoms with Crippen LogP contribution in [0.15, 0.2) is 42.5 Å². The van der Waals surface area contributed by atoms with Crippen molar-refractivity contribution < 1.29 is 19.1 Å². The Morgan fingerprint density at radius 2 is 1.86 bits per heavy atom. The lowest BCUT2D eigenvalue weighted by Gasteiger charge is -2.37. The highest BCUT2D eigenvalue weighted by Crippen LogP contribution is 2.48. The van der Waals surface area contributed by atoms with E-state index >= 15 is 0 Å². The number of pyridine rings is 1. The van der Waals surface area contributed by atoms with Crippen LogP contribution >= 0.6 is 0 Å². The summed E-state index contributed by atoms with van der Waals surface area (Å²) in [5, 5.41) is 0. The van der Waals surface area contributed by atoms with Crippen LogP contribution in [0.4, 0.5) is 0 Å². The maximum absolute atomic E-state index is 13.1. The fourth-order valence-electron chi connectivity index (χ4n) is 5.66. The number of aromatic nitrogens is 1. The topological polar surface area (TPSA) is 72.0 Å². The summed E-state index contributed by atoms with van der Waals surface area (Å²) >= 11 is 0. The molecule has 0 bridgehead atoms. The third-order valence-corrected chi connectivity index (χ3v) is 7.79. The molecule has 7 heteroatoms. The van der Waals surface area contributed by atoms with Crippen LogP contribution < -0.4 is 4.74 Å². The molecule has 1 spiro atoms. The summed E-state index contributed by atoms with van der Waals surface area (Å²) in [5.41, 5.74) is 1.55. The number of piperidine rings is 1. The minimum atomic E-state index is -0.666. The predicted molar refractivity (Wildman–Crippen MR) is 132 cm³/mol. The normalized spacial score (nSPS) is 24.1. The van der Waals surface area contributed by atoms with Gasteiger partial charge in [-0.3, -0.25) is 4.79 Å². The molecular weight excluding hydrogens is 442 g/mol. The number of esters is 1. The zero-order chi connectivity index (χ0) is 24.3. The molecule has 2 aliphatic heterocycles. The molecule has 7 nitrogen and oxygen atoms in total. The van der Waals surface area contributed by atoms with E-state index in [9.17, 15) is 9.59 Å². The Labute approximate surface area is 207 Å². The fraction of sp³-hybridized carbons (Fsp3) is 0.536. The van der Waals surface area contributed by atoms with E-state index < -0.39 is 11.6 Å². The van der Waals surface area contributed by atoms with Crippen LogP contribution in [0.5, 0.6) is 5.88 Å². The highest BCUT2D eigenvalue weighted by atomic mass is 16.6. The number of amides is 1. The van der Waals surface area contributed by atoms with Crippen molar-refractivity contribution in [2.75, 3.05) is 33.2 Å². The summed E-state index contributed by atoms with van der Waals surface area (Å²) < 4.78 is 11.7. The SMILES string of the molecule is CN(CCN1CCCCC1)C(=O)C1CCC2(CC1)OC(=O)c1nc(OCc3ccccc3)ccc12. The third kappa shape index (κ3) is 5.20. The first kappa shape index (κ1) is 23.8. The molecule has 0 radical (unpaired) electrons. The molecule has 3 heterocycles.